The van der Waals surface area contributed by atoms with Crippen molar-refractivity contribution < 1.29 is 13.9 Å². The molecule has 0 atom stereocenters. The fourth-order valence-corrected chi connectivity index (χ4v) is 2.19. The van der Waals surface area contributed by atoms with E-state index >= 15 is 0 Å². The number of hydrogen-bond donors (Lipinski definition) is 1. The van der Waals surface area contributed by atoms with Crippen molar-refractivity contribution in [2.24, 2.45) is 0 Å². The zero-order valence-electron chi connectivity index (χ0n) is 12.9. The number of carbonyl (C=O) groups is 1. The van der Waals surface area contributed by atoms with Gasteiger partial charge in [-0.2, -0.15) is 0 Å². The molecule has 0 bridgehead atoms. The van der Waals surface area contributed by atoms with Gasteiger partial charge in [-0.15, -0.1) is 0 Å². The Labute approximate surface area is 125 Å². The Hall–Kier alpha value is -2.23. The summed E-state index contributed by atoms with van der Waals surface area (Å²) in [6.45, 7) is 8.72. The van der Waals surface area contributed by atoms with Gasteiger partial charge >= 0.3 is 0 Å². The van der Waals surface area contributed by atoms with Gasteiger partial charge < -0.3 is 14.5 Å². The van der Waals surface area contributed by atoms with Crippen molar-refractivity contribution in [2.75, 3.05) is 6.61 Å². The van der Waals surface area contributed by atoms with Crippen LogP contribution in [0.3, 0.4) is 0 Å². The van der Waals surface area contributed by atoms with Gasteiger partial charge in [0.2, 0.25) is 0 Å². The molecule has 21 heavy (non-hydrogen) atoms. The molecule has 0 radical (unpaired) electrons. The fraction of sp³-hybridized carbons (Fsp3) is 0.353. The lowest BCUT2D eigenvalue weighted by molar-refractivity contribution is 0.0950. The van der Waals surface area contributed by atoms with Crippen molar-refractivity contribution in [3.63, 3.8) is 0 Å². The van der Waals surface area contributed by atoms with Gasteiger partial charge in [-0.3, -0.25) is 4.79 Å². The molecule has 0 aliphatic heterocycles. The summed E-state index contributed by atoms with van der Waals surface area (Å²) >= 11 is 0. The van der Waals surface area contributed by atoms with Crippen molar-refractivity contribution in [1.29, 1.82) is 0 Å². The van der Waals surface area contributed by atoms with Crippen molar-refractivity contribution in [3.8, 4) is 5.75 Å². The number of furan rings is 1. The second kappa shape index (κ2) is 6.48. The van der Waals surface area contributed by atoms with Crippen LogP contribution in [0.25, 0.3) is 0 Å². The predicted octanol–water partition coefficient (Wildman–Crippen LogP) is 3.53. The van der Waals surface area contributed by atoms with Crippen molar-refractivity contribution >= 4 is 5.91 Å². The highest BCUT2D eigenvalue weighted by atomic mass is 16.5. The van der Waals surface area contributed by atoms with Crippen molar-refractivity contribution in [3.05, 3.63) is 52.5 Å². The van der Waals surface area contributed by atoms with E-state index in [0.29, 0.717) is 18.7 Å². The number of amides is 1. The maximum absolute atomic E-state index is 12.2. The molecule has 1 N–H and O–H groups in total. The summed E-state index contributed by atoms with van der Waals surface area (Å²) in [7, 11) is 0. The van der Waals surface area contributed by atoms with Crippen molar-refractivity contribution in [1.82, 2.24) is 5.32 Å². The molecule has 112 valence electrons. The molecule has 4 nitrogen and oxygen atoms in total. The third-order valence-corrected chi connectivity index (χ3v) is 3.33. The molecule has 1 aromatic heterocycles. The number of carbonyl (C=O) groups excluding carboxylic acids is 1. The van der Waals surface area contributed by atoms with E-state index in [1.54, 1.807) is 12.1 Å². The highest BCUT2D eigenvalue weighted by Gasteiger charge is 2.10. The highest BCUT2D eigenvalue weighted by Crippen LogP contribution is 2.20. The van der Waals surface area contributed by atoms with Gasteiger partial charge in [0, 0.05) is 17.7 Å². The smallest absolute Gasteiger partial charge is 0.251 e. The molecule has 0 unspecified atom stereocenters. The third-order valence-electron chi connectivity index (χ3n) is 3.33. The lowest BCUT2D eigenvalue weighted by Crippen LogP contribution is -2.23. The van der Waals surface area contributed by atoms with Crippen LogP contribution < -0.4 is 10.1 Å². The number of nitrogens with one attached hydrogen (secondary N) is 1. The molecule has 1 heterocycles. The number of benzene rings is 1. The Bertz CT molecular complexity index is 643. The molecule has 0 saturated heterocycles. The van der Waals surface area contributed by atoms with Gasteiger partial charge in [-0.1, -0.05) is 6.07 Å². The molecule has 0 spiro atoms. The normalized spacial score (nSPS) is 10.5. The Morgan fingerprint density at radius 3 is 2.62 bits per heavy atom. The van der Waals surface area contributed by atoms with Gasteiger partial charge in [-0.25, -0.2) is 0 Å². The highest BCUT2D eigenvalue weighted by molar-refractivity contribution is 5.94. The van der Waals surface area contributed by atoms with Crippen LogP contribution in [0.1, 0.15) is 39.9 Å². The summed E-state index contributed by atoms with van der Waals surface area (Å²) in [6, 6.07) is 7.42. The van der Waals surface area contributed by atoms with Crippen LogP contribution in [0.4, 0.5) is 0 Å². The first-order chi connectivity index (χ1) is 10.0. The molecule has 0 aliphatic carbocycles. The van der Waals surface area contributed by atoms with Crippen LogP contribution in [0.2, 0.25) is 0 Å². The first kappa shape index (κ1) is 15.2. The number of rotatable bonds is 5. The number of hydrogen-bond acceptors (Lipinski definition) is 3. The van der Waals surface area contributed by atoms with Gasteiger partial charge in [-0.05, 0) is 51.5 Å². The summed E-state index contributed by atoms with van der Waals surface area (Å²) < 4.78 is 11.0. The monoisotopic (exact) mass is 287 g/mol. The quantitative estimate of drug-likeness (QED) is 0.915. The van der Waals surface area contributed by atoms with E-state index in [0.717, 1.165) is 28.4 Å². The van der Waals surface area contributed by atoms with Crippen LogP contribution in [0, 0.1) is 20.8 Å². The van der Waals surface area contributed by atoms with E-state index in [2.05, 4.69) is 5.32 Å². The average molecular weight is 287 g/mol. The summed E-state index contributed by atoms with van der Waals surface area (Å²) in [4.78, 5) is 12.2. The third kappa shape index (κ3) is 3.66. The minimum atomic E-state index is -0.116. The van der Waals surface area contributed by atoms with E-state index in [9.17, 15) is 4.79 Å². The van der Waals surface area contributed by atoms with E-state index < -0.39 is 0 Å². The summed E-state index contributed by atoms with van der Waals surface area (Å²) in [5, 5.41) is 2.90. The number of aryl methyl sites for hydroxylation is 3. The van der Waals surface area contributed by atoms with Crippen LogP contribution >= 0.6 is 0 Å². The molecule has 2 aromatic rings. The molecule has 1 aromatic carbocycles. The Morgan fingerprint density at radius 2 is 2.00 bits per heavy atom. The Morgan fingerprint density at radius 1 is 1.24 bits per heavy atom. The molecule has 4 heteroatoms. The summed E-state index contributed by atoms with van der Waals surface area (Å²) in [6.07, 6.45) is 0. The minimum Gasteiger partial charge on any atom is -0.494 e. The topological polar surface area (TPSA) is 51.5 Å². The maximum Gasteiger partial charge on any atom is 0.251 e. The Kier molecular flexibility index (Phi) is 4.68. The van der Waals surface area contributed by atoms with E-state index in [1.165, 1.54) is 0 Å². The largest absolute Gasteiger partial charge is 0.494 e. The van der Waals surface area contributed by atoms with Gasteiger partial charge in [0.25, 0.3) is 5.91 Å². The number of ether oxygens (including phenoxy) is 1. The zero-order chi connectivity index (χ0) is 15.4. The molecular weight excluding hydrogens is 266 g/mol. The molecule has 2 rings (SSSR count). The Balaban J connectivity index is 2.06. The fourth-order valence-electron chi connectivity index (χ4n) is 2.19. The van der Waals surface area contributed by atoms with E-state index in [1.807, 2.05) is 39.8 Å². The van der Waals surface area contributed by atoms with Gasteiger partial charge in [0.15, 0.2) is 0 Å². The summed E-state index contributed by atoms with van der Waals surface area (Å²) in [5.74, 6) is 2.33. The standard InChI is InChI=1S/C17H21NO3/c1-5-20-16-9-14(7-6-11(16)2)17(19)18-10-15-8-12(3)21-13(15)4/h6-9H,5,10H2,1-4H3,(H,18,19). The van der Waals surface area contributed by atoms with E-state index in [-0.39, 0.29) is 5.91 Å². The maximum atomic E-state index is 12.2. The van der Waals surface area contributed by atoms with Crippen molar-refractivity contribution in [2.45, 2.75) is 34.2 Å². The van der Waals surface area contributed by atoms with Crippen LogP contribution in [-0.2, 0) is 6.54 Å². The molecular formula is C17H21NO3. The van der Waals surface area contributed by atoms with Gasteiger partial charge in [0.05, 0.1) is 6.61 Å². The molecule has 0 saturated carbocycles. The van der Waals surface area contributed by atoms with E-state index in [4.69, 9.17) is 9.15 Å². The zero-order valence-corrected chi connectivity index (χ0v) is 12.9. The first-order valence-electron chi connectivity index (χ1n) is 7.08. The minimum absolute atomic E-state index is 0.116. The average Bonchev–Trinajstić information content (AvgIpc) is 2.77. The predicted molar refractivity (Wildman–Crippen MR) is 81.7 cm³/mol. The van der Waals surface area contributed by atoms with Crippen LogP contribution in [0.5, 0.6) is 5.75 Å². The second-order valence-electron chi connectivity index (χ2n) is 5.03. The lowest BCUT2D eigenvalue weighted by Gasteiger charge is -2.10. The molecule has 1 amide bonds. The lowest BCUT2D eigenvalue weighted by atomic mass is 10.1. The van der Waals surface area contributed by atoms with Gasteiger partial charge in [0.1, 0.15) is 17.3 Å². The molecule has 0 fully saturated rings. The SMILES string of the molecule is CCOc1cc(C(=O)NCc2cc(C)oc2C)ccc1C. The first-order valence-corrected chi connectivity index (χ1v) is 7.08. The summed E-state index contributed by atoms with van der Waals surface area (Å²) in [5.41, 5.74) is 2.62. The molecule has 0 aliphatic rings. The second-order valence-corrected chi connectivity index (χ2v) is 5.03. The van der Waals surface area contributed by atoms with Crippen LogP contribution in [-0.4, -0.2) is 12.5 Å². The van der Waals surface area contributed by atoms with Crippen LogP contribution in [0.15, 0.2) is 28.7 Å².